The Morgan fingerprint density at radius 1 is 0.806 bits per heavy atom. The number of para-hydroxylation sites is 1. The van der Waals surface area contributed by atoms with Crippen molar-refractivity contribution < 1.29 is 39.6 Å². The fourth-order valence-electron chi connectivity index (χ4n) is 4.05. The van der Waals surface area contributed by atoms with Crippen LogP contribution < -0.4 is 21.9 Å². The Kier molecular flexibility index (Phi) is 6.60. The first-order valence-corrected chi connectivity index (χ1v) is 9.56. The molecular weight excluding hydrogens is 427 g/mol. The summed E-state index contributed by atoms with van der Waals surface area (Å²) in [5.41, 5.74) is 1.94. The monoisotopic (exact) mass is 447 g/mol. The standard InChI is InChI=1S/C24H21F3NO2.ClH/c1-14-11-15-12-21(29-2)22(30-3)13-17(15)23(16-7-4-5-8-18(16)25)28(14)24-19(26)9-6-10-20(24)27;/h4-10,12-14H,11H2,1-3H3;1H/q+1;/p-1. The molecule has 1 aliphatic rings. The van der Waals surface area contributed by atoms with Crippen LogP contribution in [0, 0.1) is 17.5 Å². The third-order valence-electron chi connectivity index (χ3n) is 5.37. The summed E-state index contributed by atoms with van der Waals surface area (Å²) in [7, 11) is 3.05. The van der Waals surface area contributed by atoms with Gasteiger partial charge in [-0.2, -0.15) is 13.4 Å². The van der Waals surface area contributed by atoms with Gasteiger partial charge in [0, 0.05) is 6.42 Å². The first kappa shape index (κ1) is 22.7. The molecular formula is C24H21ClF3NO2. The van der Waals surface area contributed by atoms with Crippen LogP contribution in [0.2, 0.25) is 0 Å². The molecule has 0 fully saturated rings. The van der Waals surface area contributed by atoms with Crippen LogP contribution >= 0.6 is 0 Å². The van der Waals surface area contributed by atoms with Gasteiger partial charge < -0.3 is 21.9 Å². The highest BCUT2D eigenvalue weighted by Crippen LogP contribution is 2.37. The van der Waals surface area contributed by atoms with Gasteiger partial charge in [-0.3, -0.25) is 0 Å². The number of hydrogen-bond acceptors (Lipinski definition) is 2. The Morgan fingerprint density at radius 2 is 1.39 bits per heavy atom. The highest BCUT2D eigenvalue weighted by Gasteiger charge is 2.39. The molecule has 0 spiro atoms. The first-order chi connectivity index (χ1) is 14.5. The van der Waals surface area contributed by atoms with Crippen LogP contribution in [-0.4, -0.2) is 30.5 Å². The Morgan fingerprint density at radius 3 is 2.00 bits per heavy atom. The molecule has 31 heavy (non-hydrogen) atoms. The summed E-state index contributed by atoms with van der Waals surface area (Å²) >= 11 is 0. The zero-order valence-electron chi connectivity index (χ0n) is 17.3. The predicted molar refractivity (Wildman–Crippen MR) is 109 cm³/mol. The van der Waals surface area contributed by atoms with Crippen molar-refractivity contribution in [3.63, 3.8) is 0 Å². The SMILES string of the molecule is COc1cc2c(cc1OC)C(c1ccccc1F)=[N+](c1c(F)cccc1F)C(C)C2.[Cl-]. The first-order valence-electron chi connectivity index (χ1n) is 9.56. The Labute approximate surface area is 185 Å². The quantitative estimate of drug-likeness (QED) is 0.572. The third kappa shape index (κ3) is 3.88. The van der Waals surface area contributed by atoms with Crippen molar-refractivity contribution in [2.24, 2.45) is 0 Å². The molecule has 3 aromatic rings. The fraction of sp³-hybridized carbons (Fsp3) is 0.208. The molecule has 1 unspecified atom stereocenters. The number of rotatable bonds is 4. The van der Waals surface area contributed by atoms with E-state index in [0.29, 0.717) is 29.2 Å². The van der Waals surface area contributed by atoms with E-state index in [2.05, 4.69) is 0 Å². The summed E-state index contributed by atoms with van der Waals surface area (Å²) in [6.45, 7) is 1.85. The van der Waals surface area contributed by atoms with Crippen LogP contribution in [0.1, 0.15) is 23.6 Å². The highest BCUT2D eigenvalue weighted by atomic mass is 35.5. The van der Waals surface area contributed by atoms with Gasteiger partial charge in [0.05, 0.1) is 25.3 Å². The number of hydrogen-bond donors (Lipinski definition) is 0. The van der Waals surface area contributed by atoms with Gasteiger partial charge in [-0.1, -0.05) is 18.2 Å². The van der Waals surface area contributed by atoms with Crippen molar-refractivity contribution in [2.75, 3.05) is 14.2 Å². The number of ether oxygens (including phenoxy) is 2. The zero-order valence-corrected chi connectivity index (χ0v) is 18.0. The van der Waals surface area contributed by atoms with Crippen LogP contribution in [0.3, 0.4) is 0 Å². The summed E-state index contributed by atoms with van der Waals surface area (Å²) in [6, 6.07) is 13.2. The Bertz CT molecular complexity index is 1140. The van der Waals surface area contributed by atoms with Crippen molar-refractivity contribution in [3.05, 3.63) is 88.7 Å². The van der Waals surface area contributed by atoms with E-state index in [1.165, 1.54) is 36.0 Å². The molecule has 1 aliphatic heterocycles. The molecule has 0 saturated carbocycles. The average Bonchev–Trinajstić information content (AvgIpc) is 2.73. The summed E-state index contributed by atoms with van der Waals surface area (Å²) in [6.07, 6.45) is 0.488. The molecule has 3 nitrogen and oxygen atoms in total. The van der Waals surface area contributed by atoms with Gasteiger partial charge in [-0.15, -0.1) is 0 Å². The second-order valence-corrected chi connectivity index (χ2v) is 7.19. The lowest BCUT2D eigenvalue weighted by atomic mass is 9.88. The molecule has 1 atom stereocenters. The molecule has 4 rings (SSSR count). The molecule has 3 aromatic carbocycles. The zero-order chi connectivity index (χ0) is 21.4. The van der Waals surface area contributed by atoms with E-state index >= 15 is 0 Å². The highest BCUT2D eigenvalue weighted by molar-refractivity contribution is 6.12. The van der Waals surface area contributed by atoms with Gasteiger partial charge in [0.25, 0.3) is 5.69 Å². The maximum absolute atomic E-state index is 14.9. The molecule has 0 aromatic heterocycles. The molecule has 162 valence electrons. The normalized spacial score (nSPS) is 15.2. The lowest BCUT2D eigenvalue weighted by Crippen LogP contribution is -3.00. The van der Waals surface area contributed by atoms with Crippen molar-refractivity contribution in [1.82, 2.24) is 0 Å². The number of fused-ring (bicyclic) bond motifs is 1. The van der Waals surface area contributed by atoms with Crippen LogP contribution in [0.15, 0.2) is 54.6 Å². The van der Waals surface area contributed by atoms with E-state index in [9.17, 15) is 13.2 Å². The average molecular weight is 448 g/mol. The van der Waals surface area contributed by atoms with Gasteiger partial charge >= 0.3 is 0 Å². The lowest BCUT2D eigenvalue weighted by Gasteiger charge is -2.25. The second-order valence-electron chi connectivity index (χ2n) is 7.19. The van der Waals surface area contributed by atoms with Gasteiger partial charge in [0.15, 0.2) is 29.2 Å². The number of nitrogens with zero attached hydrogens (tertiary/aromatic N) is 1. The Balaban J connectivity index is 0.00000272. The van der Waals surface area contributed by atoms with Crippen molar-refractivity contribution in [1.29, 1.82) is 0 Å². The van der Waals surface area contributed by atoms with E-state index in [4.69, 9.17) is 9.47 Å². The number of halogens is 4. The third-order valence-corrected chi connectivity index (χ3v) is 5.37. The number of methoxy groups -OCH3 is 2. The van der Waals surface area contributed by atoms with E-state index in [1.807, 2.05) is 13.0 Å². The van der Waals surface area contributed by atoms with Gasteiger partial charge in [-0.05, 0) is 48.9 Å². The summed E-state index contributed by atoms with van der Waals surface area (Å²) in [4.78, 5) is 0. The predicted octanol–water partition coefficient (Wildman–Crippen LogP) is 2.25. The second kappa shape index (κ2) is 9.02. The summed E-state index contributed by atoms with van der Waals surface area (Å²) in [5.74, 6) is -0.904. The van der Waals surface area contributed by atoms with E-state index in [-0.39, 0.29) is 29.7 Å². The summed E-state index contributed by atoms with van der Waals surface area (Å²) < 4.78 is 56.9. The fourth-order valence-corrected chi connectivity index (χ4v) is 4.05. The minimum atomic E-state index is -0.709. The van der Waals surface area contributed by atoms with Crippen LogP contribution in [0.5, 0.6) is 11.5 Å². The van der Waals surface area contributed by atoms with Crippen molar-refractivity contribution in [2.45, 2.75) is 19.4 Å². The topological polar surface area (TPSA) is 21.5 Å². The molecule has 1 heterocycles. The molecule has 0 amide bonds. The maximum Gasteiger partial charge on any atom is 0.278 e. The molecule has 0 N–H and O–H groups in total. The number of benzene rings is 3. The maximum atomic E-state index is 14.9. The molecule has 0 radical (unpaired) electrons. The molecule has 0 aliphatic carbocycles. The largest absolute Gasteiger partial charge is 1.00 e. The lowest BCUT2D eigenvalue weighted by molar-refractivity contribution is -0.485. The minimum Gasteiger partial charge on any atom is -1.00 e. The van der Waals surface area contributed by atoms with Gasteiger partial charge in [0.1, 0.15) is 5.82 Å². The van der Waals surface area contributed by atoms with E-state index in [1.54, 1.807) is 31.4 Å². The molecule has 0 saturated heterocycles. The van der Waals surface area contributed by atoms with E-state index < -0.39 is 17.5 Å². The Hall–Kier alpha value is -2.99. The van der Waals surface area contributed by atoms with E-state index in [0.717, 1.165) is 5.56 Å². The van der Waals surface area contributed by atoms with Gasteiger partial charge in [-0.25, -0.2) is 4.39 Å². The van der Waals surface area contributed by atoms with Crippen LogP contribution in [0.4, 0.5) is 18.9 Å². The summed E-state index contributed by atoms with van der Waals surface area (Å²) in [5, 5.41) is 0. The molecule has 7 heteroatoms. The van der Waals surface area contributed by atoms with Crippen LogP contribution in [-0.2, 0) is 6.42 Å². The molecule has 0 bridgehead atoms. The van der Waals surface area contributed by atoms with Crippen LogP contribution in [0.25, 0.3) is 0 Å². The van der Waals surface area contributed by atoms with Gasteiger partial charge in [0.2, 0.25) is 5.71 Å². The minimum absolute atomic E-state index is 0. The smallest absolute Gasteiger partial charge is 0.278 e. The van der Waals surface area contributed by atoms with Crippen molar-refractivity contribution >= 4 is 11.4 Å². The van der Waals surface area contributed by atoms with Crippen molar-refractivity contribution in [3.8, 4) is 11.5 Å².